The van der Waals surface area contributed by atoms with Crippen LogP contribution < -0.4 is 0 Å². The number of unbranched alkanes of at least 4 members (excludes halogenated alkanes) is 2. The van der Waals surface area contributed by atoms with Crippen molar-refractivity contribution in [3.05, 3.63) is 0 Å². The Hall–Kier alpha value is -2.57. The largest absolute Gasteiger partial charge is 0.480 e. The highest BCUT2D eigenvalue weighted by molar-refractivity contribution is 5.78. The molecule has 0 rings (SSSR count). The number of carboxylic acids is 4. The third kappa shape index (κ3) is 22.1. The van der Waals surface area contributed by atoms with Gasteiger partial charge in [0.2, 0.25) is 0 Å². The van der Waals surface area contributed by atoms with E-state index >= 15 is 0 Å². The van der Waals surface area contributed by atoms with Gasteiger partial charge in [-0.3, -0.25) is 38.7 Å². The lowest BCUT2D eigenvalue weighted by atomic mass is 10.3. The van der Waals surface area contributed by atoms with E-state index in [9.17, 15) is 24.0 Å². The zero-order valence-corrected chi connectivity index (χ0v) is 19.2. The Morgan fingerprint density at radius 2 is 0.812 bits per heavy atom. The maximum atomic E-state index is 11.2. The zero-order valence-electron chi connectivity index (χ0n) is 19.2. The van der Waals surface area contributed by atoms with Crippen molar-refractivity contribution in [1.29, 1.82) is 0 Å². The van der Waals surface area contributed by atoms with Crippen LogP contribution in [-0.2, 0) is 24.0 Å². The van der Waals surface area contributed by atoms with E-state index in [0.717, 1.165) is 4.90 Å². The lowest BCUT2D eigenvalue weighted by Gasteiger charge is -2.27. The van der Waals surface area contributed by atoms with Crippen molar-refractivity contribution in [3.63, 3.8) is 0 Å². The minimum atomic E-state index is -1.21. The van der Waals surface area contributed by atoms with E-state index in [1.54, 1.807) is 0 Å². The summed E-state index contributed by atoms with van der Waals surface area (Å²) in [7, 11) is 0. The van der Waals surface area contributed by atoms with Crippen molar-refractivity contribution < 1.29 is 44.4 Å². The Kier molecular flexibility index (Phi) is 18.9. The highest BCUT2D eigenvalue weighted by Gasteiger charge is 2.18. The molecule has 0 aliphatic heterocycles. The summed E-state index contributed by atoms with van der Waals surface area (Å²) < 4.78 is 0. The minimum Gasteiger partial charge on any atom is -0.480 e. The zero-order chi connectivity index (χ0) is 25.1. The fourth-order valence-corrected chi connectivity index (χ4v) is 2.70. The normalized spacial score (nSPS) is 10.7. The average Bonchev–Trinajstić information content (AvgIpc) is 2.62. The Balaban J connectivity index is 0. The van der Waals surface area contributed by atoms with Gasteiger partial charge in [0.25, 0.3) is 0 Å². The van der Waals surface area contributed by atoms with Crippen LogP contribution in [-0.4, -0.2) is 124 Å². The van der Waals surface area contributed by atoms with Crippen LogP contribution in [0.15, 0.2) is 0 Å². The summed E-state index contributed by atoms with van der Waals surface area (Å²) in [6.07, 6.45) is 4.08. The molecule has 0 saturated heterocycles. The molecule has 0 amide bonds. The molecular formula is C20H37N3O9. The highest BCUT2D eigenvalue weighted by atomic mass is 16.4. The molecule has 0 unspecified atom stereocenters. The van der Waals surface area contributed by atoms with Crippen molar-refractivity contribution in [1.82, 2.24) is 14.7 Å². The van der Waals surface area contributed by atoms with Crippen LogP contribution in [0.3, 0.4) is 0 Å². The summed E-state index contributed by atoms with van der Waals surface area (Å²) in [4.78, 5) is 58.6. The first-order valence-corrected chi connectivity index (χ1v) is 10.4. The van der Waals surface area contributed by atoms with Gasteiger partial charge in [-0.15, -0.1) is 0 Å². The second-order valence-corrected chi connectivity index (χ2v) is 7.33. The van der Waals surface area contributed by atoms with E-state index in [-0.39, 0.29) is 45.1 Å². The number of aliphatic carboxylic acids is 4. The molecule has 12 nitrogen and oxygen atoms in total. The maximum absolute atomic E-state index is 11.2. The molecule has 0 fully saturated rings. The molecule has 0 bridgehead atoms. The smallest absolute Gasteiger partial charge is 0.317 e. The maximum Gasteiger partial charge on any atom is 0.317 e. The van der Waals surface area contributed by atoms with Crippen LogP contribution >= 0.6 is 0 Å². The van der Waals surface area contributed by atoms with E-state index in [1.807, 2.05) is 0 Å². The molecule has 4 N–H and O–H groups in total. The molecule has 0 aromatic heterocycles. The fourth-order valence-electron chi connectivity index (χ4n) is 2.70. The van der Waals surface area contributed by atoms with E-state index < -0.39 is 43.5 Å². The van der Waals surface area contributed by atoms with Gasteiger partial charge >= 0.3 is 23.9 Å². The molecule has 0 heterocycles. The van der Waals surface area contributed by atoms with Crippen molar-refractivity contribution >= 4 is 29.7 Å². The Labute approximate surface area is 188 Å². The number of rotatable bonds is 18. The second-order valence-electron chi connectivity index (χ2n) is 7.33. The molecule has 12 heteroatoms. The van der Waals surface area contributed by atoms with Gasteiger partial charge in [-0.25, -0.2) is 0 Å². The van der Waals surface area contributed by atoms with Crippen LogP contribution in [0.4, 0.5) is 0 Å². The number of hydrogen-bond donors (Lipinski definition) is 4. The topological polar surface area (TPSA) is 176 Å². The van der Waals surface area contributed by atoms with Crippen molar-refractivity contribution in [2.75, 3.05) is 58.9 Å². The van der Waals surface area contributed by atoms with Crippen LogP contribution in [0.2, 0.25) is 0 Å². The van der Waals surface area contributed by atoms with Gasteiger partial charge in [-0.2, -0.15) is 0 Å². The number of hydrogen-bond acceptors (Lipinski definition) is 8. The van der Waals surface area contributed by atoms with E-state index in [0.29, 0.717) is 0 Å². The first-order chi connectivity index (χ1) is 14.9. The average molecular weight is 464 g/mol. The number of carboxylic acid groups (broad SMARTS) is 4. The Morgan fingerprint density at radius 3 is 1.06 bits per heavy atom. The third-order valence-corrected chi connectivity index (χ3v) is 4.05. The SMILES string of the molecule is CC(=O)CN(CCN(CCN(CC(=O)O)CC(=O)O)CC(=O)O)CC(=O)O.CCCCC. The Morgan fingerprint density at radius 1 is 0.531 bits per heavy atom. The van der Waals surface area contributed by atoms with Crippen molar-refractivity contribution in [3.8, 4) is 0 Å². The lowest BCUT2D eigenvalue weighted by molar-refractivity contribution is -0.143. The number of carbonyl (C=O) groups excluding carboxylic acids is 1. The van der Waals surface area contributed by atoms with Crippen molar-refractivity contribution in [2.45, 2.75) is 40.0 Å². The van der Waals surface area contributed by atoms with E-state index in [2.05, 4.69) is 13.8 Å². The van der Waals surface area contributed by atoms with Crippen molar-refractivity contribution in [2.24, 2.45) is 0 Å². The van der Waals surface area contributed by atoms with Crippen LogP contribution in [0.5, 0.6) is 0 Å². The molecule has 0 aliphatic rings. The second kappa shape index (κ2) is 19.1. The predicted molar refractivity (Wildman–Crippen MR) is 116 cm³/mol. The summed E-state index contributed by atoms with van der Waals surface area (Å²) in [5.74, 6) is -4.94. The number of ketones is 1. The number of carbonyl (C=O) groups is 5. The predicted octanol–water partition coefficient (Wildman–Crippen LogP) is 0.0163. The molecule has 0 saturated carbocycles. The third-order valence-electron chi connectivity index (χ3n) is 4.05. The number of nitrogens with zero attached hydrogens (tertiary/aromatic N) is 3. The van der Waals surface area contributed by atoms with E-state index in [1.165, 1.54) is 36.0 Å². The Bertz CT molecular complexity index is 525. The summed E-state index contributed by atoms with van der Waals surface area (Å²) in [5.41, 5.74) is 0. The fraction of sp³-hybridized carbons (Fsp3) is 0.750. The quantitative estimate of drug-likeness (QED) is 0.215. The van der Waals surface area contributed by atoms with Gasteiger partial charge in [0.15, 0.2) is 0 Å². The standard InChI is InChI=1S/C15H25N3O9.C5H12/c1-11(19)6-17(8-13(22)23)4-2-16(7-12(20)21)3-5-18(9-14(24)25)10-15(26)27;1-3-5-4-2/h2-10H2,1H3,(H,20,21)(H,22,23)(H,24,25)(H,26,27);3-5H2,1-2H3. The lowest BCUT2D eigenvalue weighted by Crippen LogP contribution is -2.45. The summed E-state index contributed by atoms with van der Waals surface area (Å²) in [6, 6.07) is 0. The molecule has 0 aromatic rings. The van der Waals surface area contributed by atoms with E-state index in [4.69, 9.17) is 20.4 Å². The molecular weight excluding hydrogens is 426 g/mol. The van der Waals surface area contributed by atoms with Gasteiger partial charge in [0.05, 0.1) is 32.7 Å². The monoisotopic (exact) mass is 463 g/mol. The molecule has 0 aromatic carbocycles. The number of Topliss-reactive ketones (excluding diaryl/α,β-unsaturated/α-hetero) is 1. The minimum absolute atomic E-state index is 0.00246. The van der Waals surface area contributed by atoms with Gasteiger partial charge in [0.1, 0.15) is 5.78 Å². The molecule has 0 aliphatic carbocycles. The van der Waals surface area contributed by atoms with Crippen LogP contribution in [0.1, 0.15) is 40.0 Å². The molecule has 0 spiro atoms. The summed E-state index contributed by atoms with van der Waals surface area (Å²) >= 11 is 0. The van der Waals surface area contributed by atoms with Gasteiger partial charge in [0, 0.05) is 26.2 Å². The first-order valence-electron chi connectivity index (χ1n) is 10.4. The van der Waals surface area contributed by atoms with Gasteiger partial charge in [-0.05, 0) is 6.92 Å². The molecule has 32 heavy (non-hydrogen) atoms. The summed E-state index contributed by atoms with van der Waals surface area (Å²) in [5, 5.41) is 35.5. The first kappa shape index (κ1) is 31.6. The molecule has 186 valence electrons. The highest BCUT2D eigenvalue weighted by Crippen LogP contribution is 1.97. The molecule has 0 atom stereocenters. The van der Waals surface area contributed by atoms with Gasteiger partial charge in [-0.1, -0.05) is 33.1 Å². The molecule has 0 radical (unpaired) electrons. The van der Waals surface area contributed by atoms with Crippen LogP contribution in [0.25, 0.3) is 0 Å². The van der Waals surface area contributed by atoms with Crippen LogP contribution in [0, 0.1) is 0 Å². The summed E-state index contributed by atoms with van der Waals surface area (Å²) in [6.45, 7) is 4.11. The van der Waals surface area contributed by atoms with Gasteiger partial charge < -0.3 is 20.4 Å².